The molecule has 50 valence electrons. The molecule has 0 aromatic rings. The van der Waals surface area contributed by atoms with Crippen molar-refractivity contribution in [3.05, 3.63) is 0 Å². The van der Waals surface area contributed by atoms with E-state index >= 15 is 0 Å². The van der Waals surface area contributed by atoms with E-state index in [1.165, 1.54) is 0 Å². The van der Waals surface area contributed by atoms with Crippen LogP contribution in [-0.4, -0.2) is 17.2 Å². The van der Waals surface area contributed by atoms with Crippen LogP contribution in [-0.2, 0) is 4.79 Å². The Morgan fingerprint density at radius 3 is 1.60 bits per heavy atom. The fraction of sp³-hybridized carbons (Fsp3) is 0.667. The van der Waals surface area contributed by atoms with Crippen LogP contribution >= 0.6 is 11.9 Å². The van der Waals surface area contributed by atoms with Crippen molar-refractivity contribution in [2.45, 2.75) is 13.0 Å². The molecule has 0 aliphatic carbocycles. The first kappa shape index (κ1) is 22.6. The quantitative estimate of drug-likeness (QED) is 0.412. The third-order valence-corrected chi connectivity index (χ3v) is 0.341. The SMILES string of the molecule is CC(O)C(=O)[O-].[Na+].[Na+].[O-]Cl. The predicted octanol–water partition coefficient (Wildman–Crippen LogP) is -8.37. The zero-order valence-electron chi connectivity index (χ0n) is 6.13. The summed E-state index contributed by atoms with van der Waals surface area (Å²) in [6, 6.07) is 0. The van der Waals surface area contributed by atoms with E-state index in [0.29, 0.717) is 0 Å². The molecule has 0 saturated carbocycles. The van der Waals surface area contributed by atoms with Gasteiger partial charge in [-0.25, -0.2) is 11.9 Å². The van der Waals surface area contributed by atoms with E-state index in [1.54, 1.807) is 0 Å². The molecule has 0 heterocycles. The van der Waals surface area contributed by atoms with Crippen molar-refractivity contribution in [2.75, 3.05) is 0 Å². The Morgan fingerprint density at radius 2 is 1.60 bits per heavy atom. The van der Waals surface area contributed by atoms with Crippen molar-refractivity contribution in [2.24, 2.45) is 0 Å². The molecule has 0 rings (SSSR count). The number of carbonyl (C=O) groups excluding carboxylic acids is 1. The van der Waals surface area contributed by atoms with Gasteiger partial charge in [0.25, 0.3) is 0 Å². The standard InChI is InChI=1S/C3H6O3.ClO.2Na/c1-2(4)3(5)6;1-2;;/h2,4H,1H3,(H,5,6);;;/q;-1;2*+1/p-1. The van der Waals surface area contributed by atoms with Gasteiger partial charge in [-0.05, 0) is 6.92 Å². The number of hydrogen-bond acceptors (Lipinski definition) is 4. The minimum absolute atomic E-state index is 0. The Morgan fingerprint density at radius 1 is 1.50 bits per heavy atom. The Bertz CT molecular complexity index is 69.5. The van der Waals surface area contributed by atoms with Crippen molar-refractivity contribution in [3.8, 4) is 0 Å². The number of hydrogen-bond donors (Lipinski definition) is 1. The normalized spacial score (nSPS) is 8.80. The molecule has 4 nitrogen and oxygen atoms in total. The van der Waals surface area contributed by atoms with Crippen molar-refractivity contribution in [1.82, 2.24) is 0 Å². The average Bonchev–Trinajstić information content (AvgIpc) is 1.72. The van der Waals surface area contributed by atoms with Crippen molar-refractivity contribution < 1.29 is 78.8 Å². The van der Waals surface area contributed by atoms with Crippen LogP contribution in [0.15, 0.2) is 0 Å². The van der Waals surface area contributed by atoms with E-state index in [1.807, 2.05) is 0 Å². The largest absolute Gasteiger partial charge is 1.00 e. The molecule has 0 radical (unpaired) electrons. The van der Waals surface area contributed by atoms with E-state index in [0.717, 1.165) is 6.92 Å². The number of halogens is 1. The van der Waals surface area contributed by atoms with Crippen LogP contribution in [0.3, 0.4) is 0 Å². The van der Waals surface area contributed by atoms with Crippen LogP contribution in [0, 0.1) is 0 Å². The maximum absolute atomic E-state index is 9.34. The number of aliphatic hydroxyl groups is 1. The summed E-state index contributed by atoms with van der Waals surface area (Å²) < 4.78 is 7.72. The zero-order valence-corrected chi connectivity index (χ0v) is 10.9. The molecular weight excluding hydrogens is 181 g/mol. The zero-order chi connectivity index (χ0) is 7.15. The smallest absolute Gasteiger partial charge is 0.769 e. The first-order valence-electron chi connectivity index (χ1n) is 1.69. The fourth-order valence-corrected chi connectivity index (χ4v) is 0. The van der Waals surface area contributed by atoms with E-state index in [-0.39, 0.29) is 59.1 Å². The van der Waals surface area contributed by atoms with Gasteiger partial charge in [0.2, 0.25) is 0 Å². The first-order chi connectivity index (χ1) is 3.64. The van der Waals surface area contributed by atoms with Gasteiger partial charge < -0.3 is 19.7 Å². The third-order valence-electron chi connectivity index (χ3n) is 0.341. The maximum atomic E-state index is 9.34. The monoisotopic (exact) mass is 186 g/mol. The summed E-state index contributed by atoms with van der Waals surface area (Å²) in [5, 5.41) is 17.3. The summed E-state index contributed by atoms with van der Waals surface area (Å²) in [5.41, 5.74) is 0. The summed E-state index contributed by atoms with van der Waals surface area (Å²) in [4.78, 5) is 9.34. The Balaban J connectivity index is -0.0000000412. The summed E-state index contributed by atoms with van der Waals surface area (Å²) in [6.07, 6.45) is -1.34. The molecule has 0 bridgehead atoms. The second-order valence-corrected chi connectivity index (χ2v) is 0.995. The molecule has 0 aromatic heterocycles. The van der Waals surface area contributed by atoms with Gasteiger partial charge in [-0.1, -0.05) is 0 Å². The van der Waals surface area contributed by atoms with Gasteiger partial charge in [0.15, 0.2) is 0 Å². The summed E-state index contributed by atoms with van der Waals surface area (Å²) in [6.45, 7) is 1.13. The minimum atomic E-state index is -1.44. The van der Waals surface area contributed by atoms with Gasteiger partial charge in [-0.3, -0.25) is 0 Å². The number of carboxylic acids is 1. The van der Waals surface area contributed by atoms with Crippen molar-refractivity contribution in [3.63, 3.8) is 0 Å². The maximum Gasteiger partial charge on any atom is 1.00 e. The van der Waals surface area contributed by atoms with Gasteiger partial charge >= 0.3 is 59.1 Å². The topological polar surface area (TPSA) is 83.4 Å². The second kappa shape index (κ2) is 17.0. The first-order valence-corrected chi connectivity index (χ1v) is 2.00. The molecule has 0 fully saturated rings. The van der Waals surface area contributed by atoms with Crippen LogP contribution in [0.2, 0.25) is 0 Å². The molecular formula is C3H5ClNa2O4. The molecule has 7 heteroatoms. The molecule has 0 saturated heterocycles. The molecule has 1 atom stereocenters. The number of carbonyl (C=O) groups is 1. The molecule has 0 aliphatic rings. The number of aliphatic hydroxyl groups excluding tert-OH is 1. The van der Waals surface area contributed by atoms with Crippen LogP contribution in [0.5, 0.6) is 0 Å². The van der Waals surface area contributed by atoms with E-state index in [9.17, 15) is 9.90 Å². The third kappa shape index (κ3) is 22.6. The molecule has 0 aromatic carbocycles. The van der Waals surface area contributed by atoms with Gasteiger partial charge in [0, 0.05) is 0 Å². The van der Waals surface area contributed by atoms with Crippen LogP contribution in [0.1, 0.15) is 6.92 Å². The average molecular weight is 187 g/mol. The van der Waals surface area contributed by atoms with Crippen LogP contribution in [0.4, 0.5) is 0 Å². The summed E-state index contributed by atoms with van der Waals surface area (Å²) in [7, 11) is 0. The van der Waals surface area contributed by atoms with Gasteiger partial charge in [0.05, 0.1) is 12.1 Å². The molecule has 0 aliphatic heterocycles. The van der Waals surface area contributed by atoms with Crippen LogP contribution in [0.25, 0.3) is 0 Å². The van der Waals surface area contributed by atoms with Crippen molar-refractivity contribution in [1.29, 1.82) is 0 Å². The van der Waals surface area contributed by atoms with E-state index in [2.05, 4.69) is 11.9 Å². The predicted molar refractivity (Wildman–Crippen MR) is 22.5 cm³/mol. The summed E-state index contributed by atoms with van der Waals surface area (Å²) in [5.74, 6) is -1.44. The molecule has 0 amide bonds. The van der Waals surface area contributed by atoms with Gasteiger partial charge in [0.1, 0.15) is 0 Å². The van der Waals surface area contributed by atoms with E-state index in [4.69, 9.17) is 9.77 Å². The second-order valence-electron chi connectivity index (χ2n) is 0.995. The van der Waals surface area contributed by atoms with Gasteiger partial charge in [-0.15, -0.1) is 0 Å². The Labute approximate surface area is 108 Å². The molecule has 0 spiro atoms. The molecule has 1 N–H and O–H groups in total. The molecule has 1 unspecified atom stereocenters. The Hall–Kier alpha value is 1.68. The van der Waals surface area contributed by atoms with Crippen LogP contribution < -0.4 is 68.9 Å². The van der Waals surface area contributed by atoms with Gasteiger partial charge in [-0.2, -0.15) is 0 Å². The van der Waals surface area contributed by atoms with Crippen molar-refractivity contribution >= 4 is 17.8 Å². The minimum Gasteiger partial charge on any atom is -0.769 e. The number of carboxylic acid groups (broad SMARTS) is 1. The number of rotatable bonds is 1. The fourth-order valence-electron chi connectivity index (χ4n) is 0. The molecule has 10 heavy (non-hydrogen) atoms. The summed E-state index contributed by atoms with van der Waals surface area (Å²) >= 11 is 3.39. The Kier molecular flexibility index (Phi) is 38.3. The number of aliphatic carboxylic acids is 1. The van der Waals surface area contributed by atoms with E-state index < -0.39 is 12.1 Å².